The maximum absolute atomic E-state index is 12.3. The highest BCUT2D eigenvalue weighted by Gasteiger charge is 2.12. The van der Waals surface area contributed by atoms with Gasteiger partial charge in [-0.05, 0) is 50.2 Å². The van der Waals surface area contributed by atoms with Crippen LogP contribution < -0.4 is 10.7 Å². The highest BCUT2D eigenvalue weighted by Crippen LogP contribution is 2.22. The number of nitrogens with zero attached hydrogens (tertiary/aromatic N) is 3. The molecule has 158 valence electrons. The summed E-state index contributed by atoms with van der Waals surface area (Å²) in [7, 11) is 0. The Morgan fingerprint density at radius 2 is 1.81 bits per heavy atom. The third kappa shape index (κ3) is 5.02. The molecule has 2 amide bonds. The second kappa shape index (κ2) is 9.04. The van der Waals surface area contributed by atoms with E-state index >= 15 is 0 Å². The van der Waals surface area contributed by atoms with Crippen LogP contribution in [0.1, 0.15) is 34.2 Å². The van der Waals surface area contributed by atoms with E-state index in [4.69, 9.17) is 0 Å². The molecule has 0 spiro atoms. The molecule has 0 aliphatic carbocycles. The number of hydrogen-bond donors (Lipinski definition) is 2. The molecule has 9 heteroatoms. The third-order valence-electron chi connectivity index (χ3n) is 4.60. The van der Waals surface area contributed by atoms with Gasteiger partial charge >= 0.3 is 0 Å². The van der Waals surface area contributed by atoms with Crippen molar-refractivity contribution in [3.63, 3.8) is 0 Å². The molecule has 0 atom stereocenters. The van der Waals surface area contributed by atoms with Crippen LogP contribution in [0.25, 0.3) is 5.69 Å². The predicted molar refractivity (Wildman–Crippen MR) is 118 cm³/mol. The molecular weight excluding hydrogens is 398 g/mol. The van der Waals surface area contributed by atoms with Gasteiger partial charge in [0.2, 0.25) is 5.91 Å². The van der Waals surface area contributed by atoms with Crippen LogP contribution in [0.3, 0.4) is 0 Å². The molecule has 0 saturated carbocycles. The maximum atomic E-state index is 12.3. The zero-order valence-corrected chi connectivity index (χ0v) is 17.2. The number of aryl methyl sites for hydroxylation is 1. The summed E-state index contributed by atoms with van der Waals surface area (Å²) in [6, 6.07) is 14.7. The Morgan fingerprint density at radius 3 is 2.45 bits per heavy atom. The van der Waals surface area contributed by atoms with Gasteiger partial charge in [-0.25, -0.2) is 5.43 Å². The first-order valence-corrected chi connectivity index (χ1v) is 9.41. The lowest BCUT2D eigenvalue weighted by Gasteiger charge is -2.09. The first-order chi connectivity index (χ1) is 14.8. The Balaban J connectivity index is 1.75. The van der Waals surface area contributed by atoms with E-state index in [0.717, 1.165) is 22.6 Å². The molecule has 0 unspecified atom stereocenters. The predicted octanol–water partition coefficient (Wildman–Crippen LogP) is 3.72. The van der Waals surface area contributed by atoms with Crippen LogP contribution in [-0.2, 0) is 4.79 Å². The molecule has 3 rings (SSSR count). The van der Waals surface area contributed by atoms with Crippen molar-refractivity contribution in [3.8, 4) is 5.69 Å². The molecular formula is C22H21N5O4. The zero-order chi connectivity index (χ0) is 22.5. The molecule has 3 aromatic rings. The minimum Gasteiger partial charge on any atom is -0.326 e. The van der Waals surface area contributed by atoms with Crippen molar-refractivity contribution in [2.45, 2.75) is 20.8 Å². The molecule has 0 bridgehead atoms. The van der Waals surface area contributed by atoms with Gasteiger partial charge in [-0.3, -0.25) is 19.7 Å². The van der Waals surface area contributed by atoms with E-state index in [0.29, 0.717) is 11.3 Å². The van der Waals surface area contributed by atoms with E-state index in [-0.39, 0.29) is 11.6 Å². The number of anilines is 1. The highest BCUT2D eigenvalue weighted by molar-refractivity contribution is 5.97. The van der Waals surface area contributed by atoms with Gasteiger partial charge in [-0.1, -0.05) is 6.07 Å². The largest absolute Gasteiger partial charge is 0.326 e. The van der Waals surface area contributed by atoms with Crippen molar-refractivity contribution in [3.05, 3.63) is 87.2 Å². The van der Waals surface area contributed by atoms with Gasteiger partial charge in [0.05, 0.1) is 11.1 Å². The highest BCUT2D eigenvalue weighted by atomic mass is 16.6. The summed E-state index contributed by atoms with van der Waals surface area (Å²) >= 11 is 0. The van der Waals surface area contributed by atoms with E-state index in [9.17, 15) is 19.7 Å². The van der Waals surface area contributed by atoms with E-state index < -0.39 is 10.8 Å². The number of benzene rings is 2. The molecule has 0 aliphatic rings. The van der Waals surface area contributed by atoms with Crippen LogP contribution in [0.5, 0.6) is 0 Å². The molecule has 0 fully saturated rings. The minimum atomic E-state index is -0.439. The number of aromatic nitrogens is 1. The lowest BCUT2D eigenvalue weighted by Crippen LogP contribution is -2.18. The topological polar surface area (TPSA) is 119 Å². The van der Waals surface area contributed by atoms with Crippen LogP contribution in [0.4, 0.5) is 11.4 Å². The van der Waals surface area contributed by atoms with Crippen LogP contribution in [0.15, 0.2) is 59.7 Å². The van der Waals surface area contributed by atoms with Crippen LogP contribution in [0.2, 0.25) is 0 Å². The van der Waals surface area contributed by atoms with Crippen molar-refractivity contribution in [2.24, 2.45) is 5.10 Å². The summed E-state index contributed by atoms with van der Waals surface area (Å²) in [4.78, 5) is 33.9. The van der Waals surface area contributed by atoms with Gasteiger partial charge in [-0.15, -0.1) is 0 Å². The number of hydrogen-bond acceptors (Lipinski definition) is 5. The lowest BCUT2D eigenvalue weighted by atomic mass is 10.2. The van der Waals surface area contributed by atoms with E-state index in [1.165, 1.54) is 19.1 Å². The summed E-state index contributed by atoms with van der Waals surface area (Å²) in [5, 5.41) is 17.5. The SMILES string of the molecule is CC(=O)Nc1cccc(C(=O)NN=Cc2cc(C)n(-c3ccc([N+](=O)[O-])cc3)c2C)c1. The van der Waals surface area contributed by atoms with Crippen LogP contribution in [0, 0.1) is 24.0 Å². The van der Waals surface area contributed by atoms with E-state index in [1.807, 2.05) is 24.5 Å². The normalized spacial score (nSPS) is 10.8. The van der Waals surface area contributed by atoms with E-state index in [1.54, 1.807) is 42.6 Å². The Morgan fingerprint density at radius 1 is 1.10 bits per heavy atom. The number of non-ortho nitro benzene ring substituents is 1. The number of amides is 2. The lowest BCUT2D eigenvalue weighted by molar-refractivity contribution is -0.384. The Bertz CT molecular complexity index is 1180. The molecule has 2 N–H and O–H groups in total. The number of hydrazone groups is 1. The fraction of sp³-hybridized carbons (Fsp3) is 0.136. The smallest absolute Gasteiger partial charge is 0.271 e. The number of nitrogens with one attached hydrogen (secondary N) is 2. The number of carbonyl (C=O) groups is 2. The molecule has 1 aromatic heterocycles. The summed E-state index contributed by atoms with van der Waals surface area (Å²) in [6.07, 6.45) is 1.54. The van der Waals surface area contributed by atoms with Gasteiger partial charge in [0.1, 0.15) is 0 Å². The molecule has 1 heterocycles. The molecule has 9 nitrogen and oxygen atoms in total. The first-order valence-electron chi connectivity index (χ1n) is 9.41. The van der Waals surface area contributed by atoms with E-state index in [2.05, 4.69) is 15.8 Å². The van der Waals surface area contributed by atoms with Gasteiger partial charge in [0.25, 0.3) is 11.6 Å². The summed E-state index contributed by atoms with van der Waals surface area (Å²) in [6.45, 7) is 5.20. The molecule has 0 radical (unpaired) electrons. The molecule has 0 saturated heterocycles. The van der Waals surface area contributed by atoms with Gasteiger partial charge in [0.15, 0.2) is 0 Å². The molecule has 2 aromatic carbocycles. The van der Waals surface area contributed by atoms with Crippen molar-refractivity contribution in [1.29, 1.82) is 0 Å². The average molecular weight is 419 g/mol. The zero-order valence-electron chi connectivity index (χ0n) is 17.2. The fourth-order valence-electron chi connectivity index (χ4n) is 3.21. The Kier molecular flexibility index (Phi) is 6.25. The maximum Gasteiger partial charge on any atom is 0.271 e. The monoisotopic (exact) mass is 419 g/mol. The number of carbonyl (C=O) groups excluding carboxylic acids is 2. The minimum absolute atomic E-state index is 0.0262. The summed E-state index contributed by atoms with van der Waals surface area (Å²) in [5.74, 6) is -0.633. The van der Waals surface area contributed by atoms with Gasteiger partial charge in [-0.2, -0.15) is 5.10 Å². The summed E-state index contributed by atoms with van der Waals surface area (Å²) < 4.78 is 1.95. The average Bonchev–Trinajstić information content (AvgIpc) is 3.01. The summed E-state index contributed by atoms with van der Waals surface area (Å²) in [5.41, 5.74) is 6.76. The van der Waals surface area contributed by atoms with Crippen molar-refractivity contribution >= 4 is 29.4 Å². The number of nitro benzene ring substituents is 1. The molecule has 0 aliphatic heterocycles. The number of rotatable bonds is 6. The molecule has 31 heavy (non-hydrogen) atoms. The van der Waals surface area contributed by atoms with Crippen molar-refractivity contribution < 1.29 is 14.5 Å². The Labute approximate surface area is 178 Å². The van der Waals surface area contributed by atoms with Gasteiger partial charge in [0, 0.05) is 52.9 Å². The van der Waals surface area contributed by atoms with Crippen LogP contribution >= 0.6 is 0 Å². The first kappa shape index (κ1) is 21.4. The standard InChI is InChI=1S/C22H21N5O4/c1-14-11-18(15(2)26(14)20-7-9-21(10-8-20)27(30)31)13-23-25-22(29)17-5-4-6-19(12-17)24-16(3)28/h4-13H,1-3H3,(H,24,28)(H,25,29). The third-order valence-corrected chi connectivity index (χ3v) is 4.60. The Hall–Kier alpha value is -4.27. The van der Waals surface area contributed by atoms with Crippen LogP contribution in [-0.4, -0.2) is 27.5 Å². The van der Waals surface area contributed by atoms with Gasteiger partial charge < -0.3 is 9.88 Å². The quantitative estimate of drug-likeness (QED) is 0.359. The second-order valence-corrected chi connectivity index (χ2v) is 6.90. The second-order valence-electron chi connectivity index (χ2n) is 6.90. The number of nitro groups is 1. The fourth-order valence-corrected chi connectivity index (χ4v) is 3.21. The van der Waals surface area contributed by atoms with Crippen molar-refractivity contribution in [2.75, 3.05) is 5.32 Å². The van der Waals surface area contributed by atoms with Crippen molar-refractivity contribution in [1.82, 2.24) is 9.99 Å².